The largest absolute Gasteiger partial charge is 0.465 e. The number of rotatable bonds is 2. The van der Waals surface area contributed by atoms with Crippen LogP contribution in [0.4, 0.5) is 0 Å². The van der Waals surface area contributed by atoms with E-state index in [-0.39, 0.29) is 5.97 Å². The molecule has 1 aliphatic rings. The minimum Gasteiger partial charge on any atom is -0.465 e. The van der Waals surface area contributed by atoms with Gasteiger partial charge in [-0.2, -0.15) is 0 Å². The Morgan fingerprint density at radius 3 is 2.88 bits per heavy atom. The smallest absolute Gasteiger partial charge is 0.338 e. The number of esters is 1. The lowest BCUT2D eigenvalue weighted by molar-refractivity contribution is 0.0600. The average Bonchev–Trinajstić information content (AvgIpc) is 2.84. The summed E-state index contributed by atoms with van der Waals surface area (Å²) >= 11 is 2.28. The van der Waals surface area contributed by atoms with E-state index in [4.69, 9.17) is 9.47 Å². The molecule has 0 saturated carbocycles. The van der Waals surface area contributed by atoms with Gasteiger partial charge in [-0.3, -0.25) is 0 Å². The molecule has 1 aromatic rings. The van der Waals surface area contributed by atoms with Crippen LogP contribution in [0.1, 0.15) is 33.8 Å². The second-order valence-corrected chi connectivity index (χ2v) is 5.40. The topological polar surface area (TPSA) is 35.5 Å². The zero-order valence-electron chi connectivity index (χ0n) is 9.96. The van der Waals surface area contributed by atoms with E-state index >= 15 is 0 Å². The van der Waals surface area contributed by atoms with Crippen LogP contribution < -0.4 is 0 Å². The van der Waals surface area contributed by atoms with Gasteiger partial charge < -0.3 is 9.47 Å². The van der Waals surface area contributed by atoms with Crippen LogP contribution in [0.25, 0.3) is 0 Å². The Kier molecular flexibility index (Phi) is 4.04. The number of aryl methyl sites for hydroxylation is 1. The standard InChI is InChI=1S/C13H15IO3/c1-8-5-11(9-3-4-17-7-9)12(14)6-10(8)13(15)16-2/h5-6,9H,3-4,7H2,1-2H3. The molecule has 4 heteroatoms. The Balaban J connectivity index is 2.37. The van der Waals surface area contributed by atoms with Gasteiger partial charge in [0.2, 0.25) is 0 Å². The molecule has 0 N–H and O–H groups in total. The summed E-state index contributed by atoms with van der Waals surface area (Å²) in [6, 6.07) is 4.00. The van der Waals surface area contributed by atoms with Crippen LogP contribution in [-0.4, -0.2) is 26.3 Å². The van der Waals surface area contributed by atoms with E-state index < -0.39 is 0 Å². The number of hydrogen-bond acceptors (Lipinski definition) is 3. The normalized spacial score (nSPS) is 19.4. The molecule has 1 saturated heterocycles. The Morgan fingerprint density at radius 1 is 1.53 bits per heavy atom. The lowest BCUT2D eigenvalue weighted by atomic mass is 9.95. The summed E-state index contributed by atoms with van der Waals surface area (Å²) in [6.45, 7) is 3.56. The molecule has 1 fully saturated rings. The van der Waals surface area contributed by atoms with Crippen molar-refractivity contribution in [1.82, 2.24) is 0 Å². The van der Waals surface area contributed by atoms with Crippen molar-refractivity contribution in [2.75, 3.05) is 20.3 Å². The quantitative estimate of drug-likeness (QED) is 0.610. The summed E-state index contributed by atoms with van der Waals surface area (Å²) in [5, 5.41) is 0. The van der Waals surface area contributed by atoms with Gasteiger partial charge in [0.05, 0.1) is 19.3 Å². The van der Waals surface area contributed by atoms with Gasteiger partial charge in [-0.05, 0) is 53.1 Å². The molecule has 0 bridgehead atoms. The van der Waals surface area contributed by atoms with Crippen molar-refractivity contribution in [3.8, 4) is 0 Å². The number of carbonyl (C=O) groups is 1. The van der Waals surface area contributed by atoms with Crippen molar-refractivity contribution in [2.24, 2.45) is 0 Å². The van der Waals surface area contributed by atoms with Crippen molar-refractivity contribution in [3.63, 3.8) is 0 Å². The van der Waals surface area contributed by atoms with Crippen LogP contribution >= 0.6 is 22.6 Å². The highest BCUT2D eigenvalue weighted by Gasteiger charge is 2.22. The van der Waals surface area contributed by atoms with Gasteiger partial charge in [0.25, 0.3) is 0 Å². The third kappa shape index (κ3) is 2.63. The summed E-state index contributed by atoms with van der Waals surface area (Å²) in [5.74, 6) is 0.196. The Hall–Kier alpha value is -0.620. The zero-order chi connectivity index (χ0) is 12.4. The highest BCUT2D eigenvalue weighted by Crippen LogP contribution is 2.31. The maximum Gasteiger partial charge on any atom is 0.338 e. The number of benzene rings is 1. The average molecular weight is 346 g/mol. The lowest BCUT2D eigenvalue weighted by Crippen LogP contribution is -2.08. The predicted molar refractivity (Wildman–Crippen MR) is 73.4 cm³/mol. The number of methoxy groups -OCH3 is 1. The molecular weight excluding hydrogens is 331 g/mol. The van der Waals surface area contributed by atoms with Crippen molar-refractivity contribution in [1.29, 1.82) is 0 Å². The minimum atomic E-state index is -0.269. The molecule has 0 amide bonds. The Labute approximate surface area is 115 Å². The maximum atomic E-state index is 11.6. The van der Waals surface area contributed by atoms with E-state index in [1.165, 1.54) is 12.7 Å². The van der Waals surface area contributed by atoms with Crippen molar-refractivity contribution < 1.29 is 14.3 Å². The molecule has 92 valence electrons. The molecular formula is C13H15IO3. The van der Waals surface area contributed by atoms with Crippen LogP contribution in [0, 0.1) is 10.5 Å². The molecule has 0 spiro atoms. The molecule has 1 heterocycles. The van der Waals surface area contributed by atoms with E-state index in [0.717, 1.165) is 28.8 Å². The lowest BCUT2D eigenvalue weighted by Gasteiger charge is -2.14. The molecule has 0 aliphatic carbocycles. The van der Waals surface area contributed by atoms with Crippen molar-refractivity contribution in [2.45, 2.75) is 19.3 Å². The number of ether oxygens (including phenoxy) is 2. The third-order valence-electron chi connectivity index (χ3n) is 3.12. The minimum absolute atomic E-state index is 0.269. The van der Waals surface area contributed by atoms with Crippen LogP contribution in [0.3, 0.4) is 0 Å². The summed E-state index contributed by atoms with van der Waals surface area (Å²) in [4.78, 5) is 11.6. The summed E-state index contributed by atoms with van der Waals surface area (Å²) in [5.41, 5.74) is 2.91. The molecule has 17 heavy (non-hydrogen) atoms. The van der Waals surface area contributed by atoms with Gasteiger partial charge in [0.1, 0.15) is 0 Å². The van der Waals surface area contributed by atoms with E-state index in [0.29, 0.717) is 11.5 Å². The van der Waals surface area contributed by atoms with E-state index in [1.807, 2.05) is 13.0 Å². The van der Waals surface area contributed by atoms with Crippen LogP contribution in [0.5, 0.6) is 0 Å². The Bertz CT molecular complexity index is 437. The first-order valence-electron chi connectivity index (χ1n) is 5.59. The van der Waals surface area contributed by atoms with Crippen LogP contribution in [0.15, 0.2) is 12.1 Å². The predicted octanol–water partition coefficient (Wildman–Crippen LogP) is 2.89. The molecule has 2 rings (SSSR count). The number of hydrogen-bond donors (Lipinski definition) is 0. The molecule has 1 aromatic carbocycles. The maximum absolute atomic E-state index is 11.6. The summed E-state index contributed by atoms with van der Waals surface area (Å²) < 4.78 is 11.3. The fraction of sp³-hybridized carbons (Fsp3) is 0.462. The second kappa shape index (κ2) is 5.35. The van der Waals surface area contributed by atoms with Gasteiger partial charge in [-0.1, -0.05) is 6.07 Å². The fourth-order valence-electron chi connectivity index (χ4n) is 2.13. The summed E-state index contributed by atoms with van der Waals surface area (Å²) in [6.07, 6.45) is 1.06. The van der Waals surface area contributed by atoms with Crippen molar-refractivity contribution in [3.05, 3.63) is 32.4 Å². The number of carbonyl (C=O) groups excluding carboxylic acids is 1. The van der Waals surface area contributed by atoms with Crippen LogP contribution in [-0.2, 0) is 9.47 Å². The van der Waals surface area contributed by atoms with E-state index in [2.05, 4.69) is 28.7 Å². The van der Waals surface area contributed by atoms with Gasteiger partial charge in [0, 0.05) is 16.1 Å². The molecule has 1 aliphatic heterocycles. The fourth-order valence-corrected chi connectivity index (χ4v) is 3.03. The molecule has 3 nitrogen and oxygen atoms in total. The SMILES string of the molecule is COC(=O)c1cc(I)c(C2CCOC2)cc1C. The van der Waals surface area contributed by atoms with E-state index in [1.54, 1.807) is 0 Å². The second-order valence-electron chi connectivity index (χ2n) is 4.24. The summed E-state index contributed by atoms with van der Waals surface area (Å²) in [7, 11) is 1.41. The molecule has 1 unspecified atom stereocenters. The zero-order valence-corrected chi connectivity index (χ0v) is 12.1. The van der Waals surface area contributed by atoms with Crippen molar-refractivity contribution >= 4 is 28.6 Å². The third-order valence-corrected chi connectivity index (χ3v) is 4.05. The molecule has 0 radical (unpaired) electrons. The van der Waals surface area contributed by atoms with Gasteiger partial charge in [-0.15, -0.1) is 0 Å². The first-order valence-corrected chi connectivity index (χ1v) is 6.67. The highest BCUT2D eigenvalue weighted by atomic mass is 127. The highest BCUT2D eigenvalue weighted by molar-refractivity contribution is 14.1. The van der Waals surface area contributed by atoms with Gasteiger partial charge in [-0.25, -0.2) is 4.79 Å². The monoisotopic (exact) mass is 346 g/mol. The first-order chi connectivity index (χ1) is 8.13. The first kappa shape index (κ1) is 12.8. The van der Waals surface area contributed by atoms with E-state index in [9.17, 15) is 4.79 Å². The molecule has 1 atom stereocenters. The van der Waals surface area contributed by atoms with Gasteiger partial charge in [0.15, 0.2) is 0 Å². The number of halogens is 1. The Morgan fingerprint density at radius 2 is 2.29 bits per heavy atom. The molecule has 0 aromatic heterocycles. The van der Waals surface area contributed by atoms with Crippen LogP contribution in [0.2, 0.25) is 0 Å². The van der Waals surface area contributed by atoms with Gasteiger partial charge >= 0.3 is 5.97 Å².